The monoisotopic (exact) mass is 343 g/mol. The molecular formula is C17H21N5O3. The molecule has 2 aromatic rings. The number of primary amides is 1. The summed E-state index contributed by atoms with van der Waals surface area (Å²) in [6, 6.07) is 6.57. The maximum atomic E-state index is 12.6. The van der Waals surface area contributed by atoms with Crippen LogP contribution in [-0.4, -0.2) is 51.8 Å². The van der Waals surface area contributed by atoms with Gasteiger partial charge in [0, 0.05) is 20.1 Å². The number of fused-ring (bicyclic) bond motifs is 1. The van der Waals surface area contributed by atoms with E-state index in [0.29, 0.717) is 36.2 Å². The van der Waals surface area contributed by atoms with Gasteiger partial charge in [-0.05, 0) is 25.0 Å². The van der Waals surface area contributed by atoms with Crippen molar-refractivity contribution >= 4 is 22.8 Å². The molecule has 0 bridgehead atoms. The van der Waals surface area contributed by atoms with Gasteiger partial charge in [0.25, 0.3) is 5.56 Å². The molecule has 0 unspecified atom stereocenters. The van der Waals surface area contributed by atoms with Crippen LogP contribution in [0.2, 0.25) is 0 Å². The van der Waals surface area contributed by atoms with E-state index in [1.54, 1.807) is 25.2 Å². The average Bonchev–Trinajstić information content (AvgIpc) is 2.61. The highest BCUT2D eigenvalue weighted by atomic mass is 16.2. The van der Waals surface area contributed by atoms with Crippen LogP contribution in [0.4, 0.5) is 4.79 Å². The zero-order valence-corrected chi connectivity index (χ0v) is 14.1. The van der Waals surface area contributed by atoms with Crippen molar-refractivity contribution in [2.45, 2.75) is 19.4 Å². The van der Waals surface area contributed by atoms with E-state index in [1.807, 2.05) is 6.07 Å². The predicted octanol–water partition coefficient (Wildman–Crippen LogP) is 0.672. The fourth-order valence-corrected chi connectivity index (χ4v) is 3.20. The van der Waals surface area contributed by atoms with Crippen molar-refractivity contribution in [3.63, 3.8) is 0 Å². The van der Waals surface area contributed by atoms with Crippen molar-refractivity contribution in [1.82, 2.24) is 19.8 Å². The van der Waals surface area contributed by atoms with Crippen molar-refractivity contribution in [2.75, 3.05) is 20.1 Å². The summed E-state index contributed by atoms with van der Waals surface area (Å²) >= 11 is 0. The third-order valence-corrected chi connectivity index (χ3v) is 4.51. The highest BCUT2D eigenvalue weighted by Gasteiger charge is 2.29. The van der Waals surface area contributed by atoms with E-state index >= 15 is 0 Å². The lowest BCUT2D eigenvalue weighted by Gasteiger charge is -2.32. The third-order valence-electron chi connectivity index (χ3n) is 4.51. The van der Waals surface area contributed by atoms with Crippen LogP contribution in [0.5, 0.6) is 0 Å². The van der Waals surface area contributed by atoms with Gasteiger partial charge in [0.05, 0.1) is 23.4 Å². The number of nitrogens with zero attached hydrogens (tertiary/aromatic N) is 3. The average molecular weight is 343 g/mol. The fourth-order valence-electron chi connectivity index (χ4n) is 3.20. The quantitative estimate of drug-likeness (QED) is 0.853. The number of hydrogen-bond acceptors (Lipinski definition) is 4. The number of carbonyl (C=O) groups is 2. The van der Waals surface area contributed by atoms with Crippen LogP contribution in [0.15, 0.2) is 29.1 Å². The molecule has 0 saturated carbocycles. The summed E-state index contributed by atoms with van der Waals surface area (Å²) in [5, 5.41) is 0.518. The number of hydrogen-bond donors (Lipinski definition) is 2. The number of nitrogens with one attached hydrogen (secondary N) is 1. The Hall–Kier alpha value is -2.90. The van der Waals surface area contributed by atoms with Gasteiger partial charge in [-0.3, -0.25) is 9.59 Å². The molecule has 3 N–H and O–H groups in total. The lowest BCUT2D eigenvalue weighted by atomic mass is 9.97. The van der Waals surface area contributed by atoms with Crippen molar-refractivity contribution < 1.29 is 9.59 Å². The number of likely N-dealkylation sites (tertiary alicyclic amines) is 1. The van der Waals surface area contributed by atoms with Crippen molar-refractivity contribution in [3.05, 3.63) is 40.4 Å². The van der Waals surface area contributed by atoms with Gasteiger partial charge < -0.3 is 20.5 Å². The third kappa shape index (κ3) is 3.62. The normalized spacial score (nSPS) is 17.5. The number of aromatic amines is 1. The van der Waals surface area contributed by atoms with Gasteiger partial charge in [0.1, 0.15) is 5.82 Å². The minimum atomic E-state index is -0.499. The van der Waals surface area contributed by atoms with Gasteiger partial charge in [-0.15, -0.1) is 0 Å². The highest BCUT2D eigenvalue weighted by Crippen LogP contribution is 2.19. The molecule has 25 heavy (non-hydrogen) atoms. The molecule has 8 nitrogen and oxygen atoms in total. The van der Waals surface area contributed by atoms with E-state index in [2.05, 4.69) is 9.97 Å². The molecule has 1 atom stereocenters. The second-order valence-corrected chi connectivity index (χ2v) is 6.35. The van der Waals surface area contributed by atoms with E-state index < -0.39 is 6.03 Å². The van der Waals surface area contributed by atoms with Crippen LogP contribution in [0.25, 0.3) is 10.9 Å². The lowest BCUT2D eigenvalue weighted by Crippen LogP contribution is -2.47. The van der Waals surface area contributed by atoms with Crippen molar-refractivity contribution in [1.29, 1.82) is 0 Å². The number of piperidine rings is 1. The van der Waals surface area contributed by atoms with Crippen LogP contribution in [0.1, 0.15) is 18.7 Å². The highest BCUT2D eigenvalue weighted by molar-refractivity contribution is 5.80. The van der Waals surface area contributed by atoms with E-state index in [0.717, 1.165) is 6.42 Å². The van der Waals surface area contributed by atoms with Crippen LogP contribution in [-0.2, 0) is 11.3 Å². The molecule has 0 aliphatic carbocycles. The molecule has 132 valence electrons. The first kappa shape index (κ1) is 16.9. The first-order chi connectivity index (χ1) is 12.0. The molecule has 0 radical (unpaired) electrons. The Kier molecular flexibility index (Phi) is 4.69. The van der Waals surface area contributed by atoms with Crippen molar-refractivity contribution in [3.8, 4) is 0 Å². The van der Waals surface area contributed by atoms with E-state index in [1.165, 1.54) is 9.80 Å². The molecule has 1 aliphatic rings. The molecule has 3 rings (SSSR count). The summed E-state index contributed by atoms with van der Waals surface area (Å²) in [5.74, 6) is 0.0716. The number of H-pyrrole nitrogens is 1. The Balaban J connectivity index is 1.73. The molecule has 1 aliphatic heterocycles. The SMILES string of the molecule is CN(Cc1nc2ccccc2c(=O)[nH]1)C(=O)[C@H]1CCCN(C(N)=O)C1. The Labute approximate surface area is 144 Å². The molecule has 2 heterocycles. The van der Waals surface area contributed by atoms with E-state index in [-0.39, 0.29) is 23.9 Å². The number of carbonyl (C=O) groups excluding carboxylic acids is 2. The van der Waals surface area contributed by atoms with E-state index in [4.69, 9.17) is 5.73 Å². The number of para-hydroxylation sites is 1. The maximum Gasteiger partial charge on any atom is 0.314 e. The first-order valence-electron chi connectivity index (χ1n) is 8.23. The van der Waals surface area contributed by atoms with E-state index in [9.17, 15) is 14.4 Å². The summed E-state index contributed by atoms with van der Waals surface area (Å²) < 4.78 is 0. The number of urea groups is 1. The van der Waals surface area contributed by atoms with Gasteiger partial charge >= 0.3 is 6.03 Å². The molecule has 1 aromatic heterocycles. The zero-order chi connectivity index (χ0) is 18.0. The maximum absolute atomic E-state index is 12.6. The first-order valence-corrected chi connectivity index (χ1v) is 8.23. The molecule has 1 fully saturated rings. The Morgan fingerprint density at radius 1 is 1.40 bits per heavy atom. The molecule has 3 amide bonds. The molecule has 1 saturated heterocycles. The van der Waals surface area contributed by atoms with Gasteiger partial charge in [0.2, 0.25) is 5.91 Å². The topological polar surface area (TPSA) is 112 Å². The van der Waals surface area contributed by atoms with Crippen LogP contribution in [0.3, 0.4) is 0 Å². The van der Waals surface area contributed by atoms with Gasteiger partial charge in [0.15, 0.2) is 0 Å². The lowest BCUT2D eigenvalue weighted by molar-refractivity contribution is -0.136. The van der Waals surface area contributed by atoms with Gasteiger partial charge in [-0.25, -0.2) is 9.78 Å². The van der Waals surface area contributed by atoms with Crippen LogP contribution in [0, 0.1) is 5.92 Å². The summed E-state index contributed by atoms with van der Waals surface area (Å²) in [6.45, 7) is 1.12. The minimum Gasteiger partial charge on any atom is -0.351 e. The van der Waals surface area contributed by atoms with Crippen molar-refractivity contribution in [2.24, 2.45) is 11.7 Å². The second-order valence-electron chi connectivity index (χ2n) is 6.35. The number of nitrogens with two attached hydrogens (primary N) is 1. The standard InChI is InChI=1S/C17H21N5O3/c1-21(16(24)11-5-4-8-22(9-11)17(18)25)10-14-19-13-7-3-2-6-12(13)15(23)20-14/h2-3,6-7,11H,4-5,8-10H2,1H3,(H2,18,25)(H,19,20,23)/t11-/m0/s1. The van der Waals surface area contributed by atoms with Crippen LogP contribution < -0.4 is 11.3 Å². The molecule has 8 heteroatoms. The van der Waals surface area contributed by atoms with Gasteiger partial charge in [-0.2, -0.15) is 0 Å². The number of amides is 3. The Morgan fingerprint density at radius 3 is 2.92 bits per heavy atom. The predicted molar refractivity (Wildman–Crippen MR) is 92.7 cm³/mol. The number of aromatic nitrogens is 2. The Bertz CT molecular complexity index is 863. The molecular weight excluding hydrogens is 322 g/mol. The molecule has 1 aromatic carbocycles. The Morgan fingerprint density at radius 2 is 2.16 bits per heavy atom. The minimum absolute atomic E-state index is 0.0817. The smallest absolute Gasteiger partial charge is 0.314 e. The molecule has 0 spiro atoms. The zero-order valence-electron chi connectivity index (χ0n) is 14.1. The second kappa shape index (κ2) is 6.92. The largest absolute Gasteiger partial charge is 0.351 e. The number of benzene rings is 1. The summed E-state index contributed by atoms with van der Waals surface area (Å²) in [7, 11) is 1.67. The summed E-state index contributed by atoms with van der Waals surface area (Å²) in [4.78, 5) is 46.2. The van der Waals surface area contributed by atoms with Crippen LogP contribution >= 0.6 is 0 Å². The van der Waals surface area contributed by atoms with Gasteiger partial charge in [-0.1, -0.05) is 12.1 Å². The summed E-state index contributed by atoms with van der Waals surface area (Å²) in [6.07, 6.45) is 1.47. The fraction of sp³-hybridized carbons (Fsp3) is 0.412. The summed E-state index contributed by atoms with van der Waals surface area (Å²) in [5.41, 5.74) is 5.68. The number of rotatable bonds is 3.